The van der Waals surface area contributed by atoms with E-state index in [1.807, 2.05) is 11.8 Å². The highest BCUT2D eigenvalue weighted by Crippen LogP contribution is 2.52. The summed E-state index contributed by atoms with van der Waals surface area (Å²) < 4.78 is 0.323. The van der Waals surface area contributed by atoms with Crippen molar-refractivity contribution >= 4 is 39.7 Å². The van der Waals surface area contributed by atoms with Crippen molar-refractivity contribution < 1.29 is 4.79 Å². The van der Waals surface area contributed by atoms with Crippen LogP contribution in [0.15, 0.2) is 0 Å². The summed E-state index contributed by atoms with van der Waals surface area (Å²) in [6.45, 7) is 6.66. The number of amides is 1. The molecule has 1 aromatic rings. The van der Waals surface area contributed by atoms with Crippen LogP contribution in [0.25, 0.3) is 0 Å². The number of thiophene rings is 1. The quantitative estimate of drug-likeness (QED) is 0.896. The molecular weight excluding hydrogens is 302 g/mol. The van der Waals surface area contributed by atoms with Gasteiger partial charge in [0.25, 0.3) is 5.91 Å². The first-order valence-electron chi connectivity index (χ1n) is 7.50. The lowest BCUT2D eigenvalue weighted by Gasteiger charge is -2.24. The highest BCUT2D eigenvalue weighted by molar-refractivity contribution is 8.00. The Balaban J connectivity index is 1.94. The van der Waals surface area contributed by atoms with Gasteiger partial charge >= 0.3 is 0 Å². The summed E-state index contributed by atoms with van der Waals surface area (Å²) in [5.74, 6) is 1.25. The van der Waals surface area contributed by atoms with E-state index in [-0.39, 0.29) is 0 Å². The van der Waals surface area contributed by atoms with Gasteiger partial charge in [0, 0.05) is 29.2 Å². The standard InChI is InChI=1S/C15H23N3OS2/c1-15(2)5-6-18(7-8-20-15)14-10(9-3-4-9)11(16)12(21-14)13(17)19/h9H,3-8,16H2,1-2H3,(H2,17,19). The number of nitrogen functional groups attached to an aromatic ring is 1. The number of hydrogen-bond acceptors (Lipinski definition) is 5. The van der Waals surface area contributed by atoms with E-state index in [0.717, 1.165) is 25.3 Å². The number of thioether (sulfide) groups is 1. The van der Waals surface area contributed by atoms with Crippen LogP contribution < -0.4 is 16.4 Å². The number of hydrogen-bond donors (Lipinski definition) is 2. The second-order valence-corrected chi connectivity index (χ2v) is 9.35. The topological polar surface area (TPSA) is 72.3 Å². The van der Waals surface area contributed by atoms with E-state index in [1.165, 1.54) is 34.7 Å². The normalized spacial score (nSPS) is 22.1. The Hall–Kier alpha value is -0.880. The molecule has 2 heterocycles. The monoisotopic (exact) mass is 325 g/mol. The first-order chi connectivity index (χ1) is 9.89. The van der Waals surface area contributed by atoms with E-state index in [0.29, 0.717) is 21.2 Å². The Labute approximate surface area is 134 Å². The molecule has 1 saturated carbocycles. The van der Waals surface area contributed by atoms with Crippen LogP contribution in [-0.2, 0) is 0 Å². The summed E-state index contributed by atoms with van der Waals surface area (Å²) in [5, 5.41) is 1.20. The van der Waals surface area contributed by atoms with Gasteiger partial charge in [0.1, 0.15) is 4.88 Å². The highest BCUT2D eigenvalue weighted by Gasteiger charge is 2.35. The molecule has 3 rings (SSSR count). The molecule has 1 aromatic heterocycles. The maximum atomic E-state index is 11.6. The minimum Gasteiger partial charge on any atom is -0.397 e. The molecule has 0 radical (unpaired) electrons. The lowest BCUT2D eigenvalue weighted by molar-refractivity contribution is 0.100. The fourth-order valence-electron chi connectivity index (χ4n) is 2.85. The van der Waals surface area contributed by atoms with Gasteiger partial charge in [-0.1, -0.05) is 13.8 Å². The van der Waals surface area contributed by atoms with Crippen LogP contribution in [0.1, 0.15) is 54.3 Å². The number of carbonyl (C=O) groups excluding carboxylic acids is 1. The second-order valence-electron chi connectivity index (χ2n) is 6.55. The second kappa shape index (κ2) is 5.39. The van der Waals surface area contributed by atoms with E-state index in [1.54, 1.807) is 0 Å². The molecule has 6 heteroatoms. The van der Waals surface area contributed by atoms with Crippen LogP contribution in [0.3, 0.4) is 0 Å². The summed E-state index contributed by atoms with van der Waals surface area (Å²) in [6.07, 6.45) is 3.51. The molecule has 0 spiro atoms. The Morgan fingerprint density at radius 3 is 2.67 bits per heavy atom. The van der Waals surface area contributed by atoms with Gasteiger partial charge in [0.05, 0.1) is 10.7 Å². The van der Waals surface area contributed by atoms with Crippen molar-refractivity contribution in [3.8, 4) is 0 Å². The number of carbonyl (C=O) groups is 1. The third-order valence-corrected chi connectivity index (χ3v) is 6.97. The molecule has 4 N–H and O–H groups in total. The van der Waals surface area contributed by atoms with Crippen molar-refractivity contribution in [2.75, 3.05) is 29.5 Å². The van der Waals surface area contributed by atoms with E-state index in [9.17, 15) is 4.79 Å². The van der Waals surface area contributed by atoms with Gasteiger partial charge in [-0.25, -0.2) is 0 Å². The maximum Gasteiger partial charge on any atom is 0.260 e. The Kier molecular flexibility index (Phi) is 3.86. The molecular formula is C15H23N3OS2. The van der Waals surface area contributed by atoms with E-state index >= 15 is 0 Å². The number of primary amides is 1. The molecule has 2 fully saturated rings. The molecule has 2 aliphatic rings. The lowest BCUT2D eigenvalue weighted by Crippen LogP contribution is -2.26. The third kappa shape index (κ3) is 3.01. The zero-order valence-electron chi connectivity index (χ0n) is 12.6. The van der Waals surface area contributed by atoms with Crippen molar-refractivity contribution in [2.45, 2.75) is 43.8 Å². The predicted octanol–water partition coefficient (Wildman–Crippen LogP) is 3.03. The molecule has 21 heavy (non-hydrogen) atoms. The molecule has 1 aliphatic heterocycles. The number of anilines is 2. The summed E-state index contributed by atoms with van der Waals surface area (Å²) in [7, 11) is 0. The fourth-order valence-corrected chi connectivity index (χ4v) is 5.16. The molecule has 0 atom stereocenters. The van der Waals surface area contributed by atoms with Crippen LogP contribution >= 0.6 is 23.1 Å². The number of nitrogens with two attached hydrogens (primary N) is 2. The summed E-state index contributed by atoms with van der Waals surface area (Å²) >= 11 is 3.52. The van der Waals surface area contributed by atoms with Gasteiger partial charge in [-0.15, -0.1) is 11.3 Å². The Morgan fingerprint density at radius 2 is 2.05 bits per heavy atom. The average Bonchev–Trinajstić information content (AvgIpc) is 3.18. The Bertz CT molecular complexity index is 564. The molecule has 1 saturated heterocycles. The first kappa shape index (κ1) is 15.0. The van der Waals surface area contributed by atoms with Crippen LogP contribution in [-0.4, -0.2) is 29.5 Å². The first-order valence-corrected chi connectivity index (χ1v) is 9.30. The van der Waals surface area contributed by atoms with Crippen molar-refractivity contribution in [1.82, 2.24) is 0 Å². The SMILES string of the molecule is CC1(C)CCN(c2sc(C(N)=O)c(N)c2C2CC2)CCS1. The molecule has 1 aliphatic carbocycles. The largest absolute Gasteiger partial charge is 0.397 e. The summed E-state index contributed by atoms with van der Waals surface area (Å²) in [6, 6.07) is 0. The van der Waals surface area contributed by atoms with Crippen LogP contribution in [0.5, 0.6) is 0 Å². The molecule has 4 nitrogen and oxygen atoms in total. The van der Waals surface area contributed by atoms with Gasteiger partial charge < -0.3 is 16.4 Å². The van der Waals surface area contributed by atoms with E-state index in [2.05, 4.69) is 18.7 Å². The highest BCUT2D eigenvalue weighted by atomic mass is 32.2. The van der Waals surface area contributed by atoms with Gasteiger partial charge in [0.15, 0.2) is 0 Å². The van der Waals surface area contributed by atoms with Crippen molar-refractivity contribution in [3.05, 3.63) is 10.4 Å². The predicted molar refractivity (Wildman–Crippen MR) is 92.6 cm³/mol. The maximum absolute atomic E-state index is 11.6. The number of rotatable bonds is 3. The fraction of sp³-hybridized carbons (Fsp3) is 0.667. The van der Waals surface area contributed by atoms with Crippen LogP contribution in [0.4, 0.5) is 10.7 Å². The van der Waals surface area contributed by atoms with Gasteiger partial charge in [-0.3, -0.25) is 4.79 Å². The van der Waals surface area contributed by atoms with Crippen molar-refractivity contribution in [3.63, 3.8) is 0 Å². The smallest absolute Gasteiger partial charge is 0.260 e. The minimum absolute atomic E-state index is 0.323. The third-order valence-electron chi connectivity index (χ3n) is 4.30. The summed E-state index contributed by atoms with van der Waals surface area (Å²) in [5.41, 5.74) is 13.5. The molecule has 1 amide bonds. The van der Waals surface area contributed by atoms with Gasteiger partial charge in [0.2, 0.25) is 0 Å². The van der Waals surface area contributed by atoms with Crippen LogP contribution in [0, 0.1) is 0 Å². The minimum atomic E-state index is -0.393. The molecule has 0 aromatic carbocycles. The van der Waals surface area contributed by atoms with E-state index in [4.69, 9.17) is 11.5 Å². The number of nitrogens with zero attached hydrogens (tertiary/aromatic N) is 1. The van der Waals surface area contributed by atoms with Crippen molar-refractivity contribution in [2.24, 2.45) is 5.73 Å². The zero-order valence-corrected chi connectivity index (χ0v) is 14.3. The lowest BCUT2D eigenvalue weighted by atomic mass is 10.1. The average molecular weight is 326 g/mol. The zero-order chi connectivity index (χ0) is 15.2. The molecule has 0 unspecified atom stereocenters. The van der Waals surface area contributed by atoms with Gasteiger partial charge in [-0.05, 0) is 25.2 Å². The molecule has 116 valence electrons. The van der Waals surface area contributed by atoms with E-state index < -0.39 is 5.91 Å². The van der Waals surface area contributed by atoms with Gasteiger partial charge in [-0.2, -0.15) is 11.8 Å². The van der Waals surface area contributed by atoms with Crippen molar-refractivity contribution in [1.29, 1.82) is 0 Å². The summed E-state index contributed by atoms with van der Waals surface area (Å²) in [4.78, 5) is 14.6. The Morgan fingerprint density at radius 1 is 1.33 bits per heavy atom. The molecule has 0 bridgehead atoms. The van der Waals surface area contributed by atoms with Crippen LogP contribution in [0.2, 0.25) is 0 Å².